The Hall–Kier alpha value is -2.54. The van der Waals surface area contributed by atoms with Crippen molar-refractivity contribution >= 4 is 23.1 Å². The van der Waals surface area contributed by atoms with Crippen LogP contribution in [0.4, 0.5) is 14.5 Å². The molecule has 2 aromatic rings. The first kappa shape index (κ1) is 15.8. The molecule has 2 nitrogen and oxygen atoms in total. The lowest BCUT2D eigenvalue weighted by molar-refractivity contribution is 0.340. The highest BCUT2D eigenvalue weighted by Crippen LogP contribution is 2.23. The smallest absolute Gasteiger partial charge is 0.153 e. The second-order valence-corrected chi connectivity index (χ2v) is 4.38. The third-order valence-corrected chi connectivity index (χ3v) is 2.78. The van der Waals surface area contributed by atoms with Crippen LogP contribution in [0.1, 0.15) is 18.1 Å². The largest absolute Gasteiger partial charge is 0.494 e. The molecule has 0 aliphatic rings. The van der Waals surface area contributed by atoms with Crippen LogP contribution in [0.15, 0.2) is 41.4 Å². The van der Waals surface area contributed by atoms with Crippen molar-refractivity contribution < 1.29 is 13.5 Å². The second-order valence-electron chi connectivity index (χ2n) is 4.20. The molecule has 22 heavy (non-hydrogen) atoms. The molecule has 0 spiro atoms. The minimum Gasteiger partial charge on any atom is -0.494 e. The maximum Gasteiger partial charge on any atom is 0.153 e. The van der Waals surface area contributed by atoms with E-state index < -0.39 is 17.3 Å². The zero-order valence-corrected chi connectivity index (χ0v) is 12.5. The van der Waals surface area contributed by atoms with Crippen LogP contribution in [-0.4, -0.2) is 11.8 Å². The minimum absolute atomic E-state index is 0.215. The average molecular weight is 315 g/mol. The van der Waals surface area contributed by atoms with Gasteiger partial charge >= 0.3 is 0 Å². The fourth-order valence-corrected chi connectivity index (χ4v) is 1.83. The number of benzene rings is 2. The van der Waals surface area contributed by atoms with Crippen molar-refractivity contribution in [1.29, 1.82) is 0 Å². The van der Waals surface area contributed by atoms with Gasteiger partial charge in [-0.1, -0.05) is 11.8 Å². The molecule has 0 radical (unpaired) electrons. The van der Waals surface area contributed by atoms with Gasteiger partial charge in [-0.25, -0.2) is 8.78 Å². The SMILES string of the molecule is CCOc1ccc(C#Cc2cc(F)c(N=C=S)c(F)c2)cc1. The number of aliphatic imine (C=N–C) groups is 1. The van der Waals surface area contributed by atoms with Crippen LogP contribution in [0, 0.1) is 23.5 Å². The summed E-state index contributed by atoms with van der Waals surface area (Å²) < 4.78 is 32.6. The highest BCUT2D eigenvalue weighted by molar-refractivity contribution is 7.78. The number of isothiocyanates is 1. The molecule has 0 amide bonds. The summed E-state index contributed by atoms with van der Waals surface area (Å²) in [7, 11) is 0. The molecule has 5 heteroatoms. The third-order valence-electron chi connectivity index (χ3n) is 2.69. The molecule has 0 aliphatic heterocycles. The zero-order valence-electron chi connectivity index (χ0n) is 11.7. The van der Waals surface area contributed by atoms with Gasteiger partial charge in [-0.2, -0.15) is 4.99 Å². The number of halogens is 2. The zero-order chi connectivity index (χ0) is 15.9. The summed E-state index contributed by atoms with van der Waals surface area (Å²) in [4.78, 5) is 3.35. The van der Waals surface area contributed by atoms with Crippen molar-refractivity contribution in [2.24, 2.45) is 4.99 Å². The predicted molar refractivity (Wildman–Crippen MR) is 84.6 cm³/mol. The van der Waals surface area contributed by atoms with Gasteiger partial charge in [0.15, 0.2) is 11.6 Å². The van der Waals surface area contributed by atoms with Gasteiger partial charge in [0, 0.05) is 11.1 Å². The van der Waals surface area contributed by atoms with E-state index in [1.807, 2.05) is 12.1 Å². The Balaban J connectivity index is 2.26. The number of hydrogen-bond acceptors (Lipinski definition) is 3. The van der Waals surface area contributed by atoms with Crippen LogP contribution < -0.4 is 4.74 Å². The fraction of sp³-hybridized carbons (Fsp3) is 0.118. The van der Waals surface area contributed by atoms with Crippen LogP contribution in [0.3, 0.4) is 0 Å². The normalized spacial score (nSPS) is 9.41. The van der Waals surface area contributed by atoms with Gasteiger partial charge in [-0.15, -0.1) is 0 Å². The molecule has 0 saturated heterocycles. The van der Waals surface area contributed by atoms with Gasteiger partial charge in [0.05, 0.1) is 11.8 Å². The Kier molecular flexibility index (Phi) is 5.37. The molecule has 0 heterocycles. The second kappa shape index (κ2) is 7.46. The molecule has 0 aliphatic carbocycles. The van der Waals surface area contributed by atoms with E-state index in [0.29, 0.717) is 12.2 Å². The van der Waals surface area contributed by atoms with E-state index in [1.165, 1.54) is 0 Å². The number of rotatable bonds is 3. The van der Waals surface area contributed by atoms with Gasteiger partial charge in [0.2, 0.25) is 0 Å². The number of thiocarbonyl (C=S) groups is 1. The molecule has 0 atom stereocenters. The Morgan fingerprint density at radius 1 is 1.05 bits per heavy atom. The summed E-state index contributed by atoms with van der Waals surface area (Å²) in [5, 5.41) is 1.94. The van der Waals surface area contributed by atoms with Crippen molar-refractivity contribution in [2.75, 3.05) is 6.61 Å². The first-order valence-electron chi connectivity index (χ1n) is 6.46. The fourth-order valence-electron chi connectivity index (χ4n) is 1.74. The molecule has 0 fully saturated rings. The van der Waals surface area contributed by atoms with Gasteiger partial charge < -0.3 is 4.74 Å². The van der Waals surface area contributed by atoms with E-state index in [9.17, 15) is 8.78 Å². The maximum atomic E-state index is 13.7. The molecule has 2 aromatic carbocycles. The molecule has 2 rings (SSSR count). The Labute approximate surface area is 132 Å². The quantitative estimate of drug-likeness (QED) is 0.472. The highest BCUT2D eigenvalue weighted by atomic mass is 32.1. The van der Waals surface area contributed by atoms with Crippen LogP contribution in [0.5, 0.6) is 5.75 Å². The molecule has 0 saturated carbocycles. The van der Waals surface area contributed by atoms with Crippen LogP contribution in [0.25, 0.3) is 0 Å². The molecule has 0 unspecified atom stereocenters. The first-order chi connectivity index (χ1) is 10.6. The van der Waals surface area contributed by atoms with Crippen molar-refractivity contribution in [1.82, 2.24) is 0 Å². The van der Waals surface area contributed by atoms with E-state index in [4.69, 9.17) is 4.74 Å². The summed E-state index contributed by atoms with van der Waals surface area (Å²) in [6, 6.07) is 9.33. The van der Waals surface area contributed by atoms with Crippen LogP contribution in [0.2, 0.25) is 0 Å². The number of nitrogens with zero attached hydrogens (tertiary/aromatic N) is 1. The Morgan fingerprint density at radius 2 is 1.64 bits per heavy atom. The minimum atomic E-state index is -0.826. The van der Waals surface area contributed by atoms with Gasteiger partial charge in [0.25, 0.3) is 0 Å². The van der Waals surface area contributed by atoms with Gasteiger partial charge in [-0.05, 0) is 55.5 Å². The monoisotopic (exact) mass is 315 g/mol. The third kappa shape index (κ3) is 3.98. The van der Waals surface area contributed by atoms with E-state index in [2.05, 4.69) is 29.1 Å². The van der Waals surface area contributed by atoms with Crippen molar-refractivity contribution in [3.63, 3.8) is 0 Å². The first-order valence-corrected chi connectivity index (χ1v) is 6.86. The van der Waals surface area contributed by atoms with Crippen molar-refractivity contribution in [3.8, 4) is 17.6 Å². The number of ether oxygens (including phenoxy) is 1. The standard InChI is InChI=1S/C17H11F2NOS/c1-2-21-14-7-5-12(6-8-14)3-4-13-9-15(18)17(20-11-22)16(19)10-13/h5-10H,2H2,1H3. The molecule has 0 N–H and O–H groups in total. The maximum absolute atomic E-state index is 13.7. The van der Waals surface area contributed by atoms with E-state index in [1.54, 1.807) is 24.3 Å². The summed E-state index contributed by atoms with van der Waals surface area (Å²) in [5.41, 5.74) is 0.471. The molecule has 110 valence electrons. The van der Waals surface area contributed by atoms with Crippen LogP contribution in [-0.2, 0) is 0 Å². The van der Waals surface area contributed by atoms with Crippen molar-refractivity contribution in [2.45, 2.75) is 6.92 Å². The van der Waals surface area contributed by atoms with Crippen LogP contribution >= 0.6 is 12.2 Å². The molecule has 0 bridgehead atoms. The molecular formula is C17H11F2NOS. The van der Waals surface area contributed by atoms with E-state index in [-0.39, 0.29) is 5.56 Å². The van der Waals surface area contributed by atoms with Crippen molar-refractivity contribution in [3.05, 3.63) is 59.2 Å². The lowest BCUT2D eigenvalue weighted by Gasteiger charge is -2.01. The van der Waals surface area contributed by atoms with Gasteiger partial charge in [0.1, 0.15) is 11.4 Å². The molecular weight excluding hydrogens is 304 g/mol. The summed E-state index contributed by atoms with van der Waals surface area (Å²) in [6.45, 7) is 2.48. The lowest BCUT2D eigenvalue weighted by atomic mass is 10.1. The summed E-state index contributed by atoms with van der Waals surface area (Å²) in [5.74, 6) is 4.63. The summed E-state index contributed by atoms with van der Waals surface area (Å²) in [6.07, 6.45) is 0. The average Bonchev–Trinajstić information content (AvgIpc) is 2.50. The van der Waals surface area contributed by atoms with Gasteiger partial charge in [-0.3, -0.25) is 0 Å². The predicted octanol–water partition coefficient (Wildman–Crippen LogP) is 4.50. The van der Waals surface area contributed by atoms with E-state index >= 15 is 0 Å². The topological polar surface area (TPSA) is 21.6 Å². The lowest BCUT2D eigenvalue weighted by Crippen LogP contribution is -1.90. The summed E-state index contributed by atoms with van der Waals surface area (Å²) >= 11 is 4.34. The Morgan fingerprint density at radius 3 is 2.18 bits per heavy atom. The highest BCUT2D eigenvalue weighted by Gasteiger charge is 2.09. The molecule has 0 aromatic heterocycles. The van der Waals surface area contributed by atoms with E-state index in [0.717, 1.165) is 17.9 Å². The number of hydrogen-bond donors (Lipinski definition) is 0. The Bertz CT molecular complexity index is 762.